The number of hydrogen-bond donors (Lipinski definition) is 3. The second kappa shape index (κ2) is 6.13. The summed E-state index contributed by atoms with van der Waals surface area (Å²) in [5, 5.41) is 12.3. The summed E-state index contributed by atoms with van der Waals surface area (Å²) < 4.78 is 5.70. The first-order chi connectivity index (χ1) is 8.70. The number of nitrogens with one attached hydrogen (secondary N) is 1. The van der Waals surface area contributed by atoms with E-state index in [-0.39, 0.29) is 18.8 Å². The van der Waals surface area contributed by atoms with Crippen LogP contribution in [-0.2, 0) is 11.2 Å². The van der Waals surface area contributed by atoms with E-state index in [4.69, 9.17) is 15.6 Å². The lowest BCUT2D eigenvalue weighted by atomic mass is 10.0. The molecule has 0 aromatic carbocycles. The average Bonchev–Trinajstić information content (AvgIpc) is 2.39. The summed E-state index contributed by atoms with van der Waals surface area (Å²) in [6.45, 7) is 3.52. The molecule has 0 saturated carbocycles. The fraction of sp³-hybridized carbons (Fsp3) is 0.615. The van der Waals surface area contributed by atoms with E-state index in [0.29, 0.717) is 6.61 Å². The fourth-order valence-corrected chi connectivity index (χ4v) is 2.23. The highest BCUT2D eigenvalue weighted by Gasteiger charge is 2.20. The molecule has 2 heterocycles. The van der Waals surface area contributed by atoms with Crippen molar-refractivity contribution in [2.45, 2.75) is 31.9 Å². The van der Waals surface area contributed by atoms with Crippen LogP contribution in [0.25, 0.3) is 0 Å². The smallest absolute Gasteiger partial charge is 0.0703 e. The first-order valence-electron chi connectivity index (χ1n) is 6.35. The van der Waals surface area contributed by atoms with Gasteiger partial charge in [-0.25, -0.2) is 0 Å². The molecule has 0 amide bonds. The number of pyridine rings is 1. The van der Waals surface area contributed by atoms with Gasteiger partial charge in [0.25, 0.3) is 0 Å². The Balaban J connectivity index is 1.85. The van der Waals surface area contributed by atoms with E-state index >= 15 is 0 Å². The van der Waals surface area contributed by atoms with Crippen molar-refractivity contribution in [1.29, 1.82) is 0 Å². The van der Waals surface area contributed by atoms with Gasteiger partial charge < -0.3 is 20.9 Å². The van der Waals surface area contributed by atoms with Crippen LogP contribution >= 0.6 is 0 Å². The minimum Gasteiger partial charge on any atom is -0.397 e. The van der Waals surface area contributed by atoms with Gasteiger partial charge in [-0.2, -0.15) is 0 Å². The monoisotopic (exact) mass is 251 g/mol. The summed E-state index contributed by atoms with van der Waals surface area (Å²) in [7, 11) is 0. The number of nitrogens with zero attached hydrogens (tertiary/aromatic N) is 1. The lowest BCUT2D eigenvalue weighted by Crippen LogP contribution is -2.48. The zero-order valence-corrected chi connectivity index (χ0v) is 10.7. The SMILES string of the molecule is Cc1cncc(N)c1CC[C@@H]1CN[C@H](CO)CO1. The second-order valence-electron chi connectivity index (χ2n) is 4.81. The number of aliphatic hydroxyl groups is 1. The summed E-state index contributed by atoms with van der Waals surface area (Å²) in [6.07, 6.45) is 5.56. The molecule has 2 rings (SSSR count). The molecule has 1 aliphatic rings. The van der Waals surface area contributed by atoms with Crippen LogP contribution < -0.4 is 11.1 Å². The highest BCUT2D eigenvalue weighted by molar-refractivity contribution is 5.47. The molecule has 18 heavy (non-hydrogen) atoms. The molecular weight excluding hydrogens is 230 g/mol. The molecule has 1 saturated heterocycles. The molecule has 0 bridgehead atoms. The standard InChI is InChI=1S/C13H21N3O2/c1-9-4-15-6-13(14)12(9)3-2-11-5-16-10(7-17)8-18-11/h4,6,10-11,16-17H,2-3,5,7-8,14H2,1H3/t10-,11-/m1/s1. The van der Waals surface area contributed by atoms with E-state index in [9.17, 15) is 0 Å². The topological polar surface area (TPSA) is 80.4 Å². The maximum absolute atomic E-state index is 8.99. The zero-order valence-electron chi connectivity index (χ0n) is 10.7. The van der Waals surface area contributed by atoms with Crippen molar-refractivity contribution in [3.8, 4) is 0 Å². The van der Waals surface area contributed by atoms with Gasteiger partial charge in [-0.05, 0) is 30.9 Å². The zero-order chi connectivity index (χ0) is 13.0. The van der Waals surface area contributed by atoms with Crippen molar-refractivity contribution in [3.05, 3.63) is 23.5 Å². The van der Waals surface area contributed by atoms with Crippen LogP contribution in [-0.4, -0.2) is 42.0 Å². The van der Waals surface area contributed by atoms with Crippen LogP contribution in [0.5, 0.6) is 0 Å². The van der Waals surface area contributed by atoms with Crippen molar-refractivity contribution < 1.29 is 9.84 Å². The lowest BCUT2D eigenvalue weighted by molar-refractivity contribution is -0.0117. The molecule has 0 spiro atoms. The number of hydrogen-bond acceptors (Lipinski definition) is 5. The largest absolute Gasteiger partial charge is 0.397 e. The van der Waals surface area contributed by atoms with E-state index in [1.807, 2.05) is 13.1 Å². The number of nitrogen functional groups attached to an aromatic ring is 1. The summed E-state index contributed by atoms with van der Waals surface area (Å²) in [5.41, 5.74) is 8.98. The predicted molar refractivity (Wildman–Crippen MR) is 70.3 cm³/mol. The summed E-state index contributed by atoms with van der Waals surface area (Å²) in [6, 6.07) is 0.0778. The van der Waals surface area contributed by atoms with Crippen molar-refractivity contribution in [1.82, 2.24) is 10.3 Å². The molecule has 5 heteroatoms. The predicted octanol–water partition coefficient (Wildman–Crippen LogP) is 0.254. The Labute approximate surface area is 107 Å². The Morgan fingerprint density at radius 1 is 1.56 bits per heavy atom. The number of morpholine rings is 1. The molecule has 1 fully saturated rings. The number of ether oxygens (including phenoxy) is 1. The third-order valence-electron chi connectivity index (χ3n) is 3.41. The number of anilines is 1. The number of aryl methyl sites for hydroxylation is 1. The van der Waals surface area contributed by atoms with Crippen LogP contribution in [0.2, 0.25) is 0 Å². The summed E-state index contributed by atoms with van der Waals surface area (Å²) >= 11 is 0. The maximum Gasteiger partial charge on any atom is 0.0703 e. The average molecular weight is 251 g/mol. The maximum atomic E-state index is 8.99. The van der Waals surface area contributed by atoms with Crippen LogP contribution in [0.15, 0.2) is 12.4 Å². The molecule has 0 radical (unpaired) electrons. The third-order valence-corrected chi connectivity index (χ3v) is 3.41. The first-order valence-corrected chi connectivity index (χ1v) is 6.35. The van der Waals surface area contributed by atoms with Gasteiger partial charge in [0.15, 0.2) is 0 Å². The van der Waals surface area contributed by atoms with E-state index in [1.165, 1.54) is 0 Å². The Morgan fingerprint density at radius 2 is 2.39 bits per heavy atom. The Hall–Kier alpha value is -1.17. The van der Waals surface area contributed by atoms with E-state index in [1.54, 1.807) is 6.20 Å². The molecule has 0 aliphatic carbocycles. The van der Waals surface area contributed by atoms with Crippen molar-refractivity contribution in [2.24, 2.45) is 0 Å². The highest BCUT2D eigenvalue weighted by atomic mass is 16.5. The molecule has 2 atom stereocenters. The molecule has 0 unspecified atom stereocenters. The van der Waals surface area contributed by atoms with Gasteiger partial charge in [-0.1, -0.05) is 0 Å². The van der Waals surface area contributed by atoms with Gasteiger partial charge >= 0.3 is 0 Å². The van der Waals surface area contributed by atoms with E-state index in [0.717, 1.165) is 36.2 Å². The molecule has 1 aliphatic heterocycles. The Morgan fingerprint density at radius 3 is 3.00 bits per heavy atom. The third kappa shape index (κ3) is 3.19. The van der Waals surface area contributed by atoms with Gasteiger partial charge in [0.1, 0.15) is 0 Å². The van der Waals surface area contributed by atoms with Crippen molar-refractivity contribution in [2.75, 3.05) is 25.5 Å². The first kappa shape index (κ1) is 13.3. The van der Waals surface area contributed by atoms with Crippen LogP contribution in [0.1, 0.15) is 17.5 Å². The van der Waals surface area contributed by atoms with E-state index < -0.39 is 0 Å². The molecular formula is C13H21N3O2. The summed E-state index contributed by atoms with van der Waals surface area (Å²) in [5.74, 6) is 0. The van der Waals surface area contributed by atoms with Crippen molar-refractivity contribution in [3.63, 3.8) is 0 Å². The Kier molecular flexibility index (Phi) is 4.52. The summed E-state index contributed by atoms with van der Waals surface area (Å²) in [4.78, 5) is 4.06. The molecule has 100 valence electrons. The number of rotatable bonds is 4. The quantitative estimate of drug-likeness (QED) is 0.715. The number of aliphatic hydroxyl groups excluding tert-OH is 1. The van der Waals surface area contributed by atoms with Gasteiger partial charge in [0.05, 0.1) is 37.2 Å². The minimum atomic E-state index is 0.0778. The van der Waals surface area contributed by atoms with Crippen LogP contribution in [0.4, 0.5) is 5.69 Å². The van der Waals surface area contributed by atoms with Crippen LogP contribution in [0, 0.1) is 6.92 Å². The number of nitrogens with two attached hydrogens (primary N) is 1. The molecule has 1 aromatic rings. The lowest BCUT2D eigenvalue weighted by Gasteiger charge is -2.29. The highest BCUT2D eigenvalue weighted by Crippen LogP contribution is 2.18. The molecule has 4 N–H and O–H groups in total. The fourth-order valence-electron chi connectivity index (χ4n) is 2.23. The van der Waals surface area contributed by atoms with Crippen LogP contribution in [0.3, 0.4) is 0 Å². The molecule has 5 nitrogen and oxygen atoms in total. The van der Waals surface area contributed by atoms with Crippen molar-refractivity contribution >= 4 is 5.69 Å². The minimum absolute atomic E-state index is 0.0778. The normalized spacial score (nSPS) is 24.1. The Bertz CT molecular complexity index is 370. The van der Waals surface area contributed by atoms with Gasteiger partial charge in [0, 0.05) is 12.7 Å². The molecule has 1 aromatic heterocycles. The number of aromatic nitrogens is 1. The van der Waals surface area contributed by atoms with Gasteiger partial charge in [-0.3, -0.25) is 4.98 Å². The van der Waals surface area contributed by atoms with E-state index in [2.05, 4.69) is 10.3 Å². The second-order valence-corrected chi connectivity index (χ2v) is 4.81. The van der Waals surface area contributed by atoms with Gasteiger partial charge in [-0.15, -0.1) is 0 Å². The van der Waals surface area contributed by atoms with Gasteiger partial charge in [0.2, 0.25) is 0 Å².